The Kier molecular flexibility index (Phi) is 6.68. The molecule has 0 aromatic carbocycles. The molecular formula is C13H21ClN2OS. The number of hydrogen-bond acceptors (Lipinski definition) is 3. The van der Waals surface area contributed by atoms with Crippen molar-refractivity contribution in [3.05, 3.63) is 22.4 Å². The maximum Gasteiger partial charge on any atom is 0.224 e. The van der Waals surface area contributed by atoms with Gasteiger partial charge in [0.15, 0.2) is 0 Å². The van der Waals surface area contributed by atoms with Gasteiger partial charge in [-0.15, -0.1) is 12.4 Å². The third-order valence-electron chi connectivity index (χ3n) is 3.50. The maximum absolute atomic E-state index is 11.9. The number of carbonyl (C=O) groups excluding carboxylic acids is 1. The van der Waals surface area contributed by atoms with Gasteiger partial charge in [-0.1, -0.05) is 12.8 Å². The molecule has 2 rings (SSSR count). The summed E-state index contributed by atoms with van der Waals surface area (Å²) in [4.78, 5) is 11.9. The van der Waals surface area contributed by atoms with E-state index in [4.69, 9.17) is 5.73 Å². The van der Waals surface area contributed by atoms with Crippen LogP contribution < -0.4 is 11.1 Å². The molecule has 18 heavy (non-hydrogen) atoms. The Bertz CT molecular complexity index is 356. The van der Waals surface area contributed by atoms with E-state index in [2.05, 4.69) is 5.32 Å². The molecule has 0 radical (unpaired) electrons. The summed E-state index contributed by atoms with van der Waals surface area (Å²) in [7, 11) is 0. The van der Waals surface area contributed by atoms with Gasteiger partial charge >= 0.3 is 0 Å². The molecule has 1 aliphatic carbocycles. The van der Waals surface area contributed by atoms with Crippen LogP contribution in [0.1, 0.15) is 31.2 Å². The fourth-order valence-corrected chi connectivity index (χ4v) is 3.18. The summed E-state index contributed by atoms with van der Waals surface area (Å²) >= 11 is 1.63. The standard InChI is InChI=1S/C13H20N2OS.ClH/c14-8-11-3-1-2-4-12(11)15-13(16)7-10-5-6-17-9-10;/h5-6,9,11-12H,1-4,7-8,14H2,(H,15,16);1H. The molecule has 0 spiro atoms. The first kappa shape index (κ1) is 15.5. The molecule has 1 saturated carbocycles. The van der Waals surface area contributed by atoms with E-state index in [0.717, 1.165) is 18.4 Å². The second-order valence-electron chi connectivity index (χ2n) is 4.76. The summed E-state index contributed by atoms with van der Waals surface area (Å²) in [6.07, 6.45) is 5.19. The smallest absolute Gasteiger partial charge is 0.224 e. The van der Waals surface area contributed by atoms with Crippen molar-refractivity contribution < 1.29 is 4.79 Å². The van der Waals surface area contributed by atoms with Crippen LogP contribution >= 0.6 is 23.7 Å². The van der Waals surface area contributed by atoms with E-state index in [0.29, 0.717) is 24.9 Å². The average Bonchev–Trinajstić information content (AvgIpc) is 2.82. The molecule has 1 heterocycles. The second kappa shape index (κ2) is 7.77. The van der Waals surface area contributed by atoms with Crippen LogP contribution in [0.4, 0.5) is 0 Å². The summed E-state index contributed by atoms with van der Waals surface area (Å²) in [5, 5.41) is 7.18. The number of halogens is 1. The summed E-state index contributed by atoms with van der Waals surface area (Å²) in [5.74, 6) is 0.601. The highest BCUT2D eigenvalue weighted by molar-refractivity contribution is 7.07. The van der Waals surface area contributed by atoms with E-state index in [9.17, 15) is 4.79 Å². The fraction of sp³-hybridized carbons (Fsp3) is 0.615. The summed E-state index contributed by atoms with van der Waals surface area (Å²) in [6.45, 7) is 0.684. The van der Waals surface area contributed by atoms with Gasteiger partial charge in [-0.2, -0.15) is 11.3 Å². The quantitative estimate of drug-likeness (QED) is 0.893. The van der Waals surface area contributed by atoms with Gasteiger partial charge in [0, 0.05) is 6.04 Å². The lowest BCUT2D eigenvalue weighted by molar-refractivity contribution is -0.121. The van der Waals surface area contributed by atoms with Crippen LogP contribution in [0.25, 0.3) is 0 Å². The molecule has 1 amide bonds. The van der Waals surface area contributed by atoms with Gasteiger partial charge in [0.2, 0.25) is 5.91 Å². The van der Waals surface area contributed by atoms with Crippen LogP contribution in [0.15, 0.2) is 16.8 Å². The molecule has 1 aromatic heterocycles. The molecule has 1 aromatic rings. The number of nitrogens with one attached hydrogen (secondary N) is 1. The largest absolute Gasteiger partial charge is 0.353 e. The van der Waals surface area contributed by atoms with Crippen molar-refractivity contribution in [2.24, 2.45) is 11.7 Å². The van der Waals surface area contributed by atoms with E-state index in [1.165, 1.54) is 12.8 Å². The molecule has 1 aliphatic rings. The van der Waals surface area contributed by atoms with Crippen molar-refractivity contribution in [3.63, 3.8) is 0 Å². The predicted octanol–water partition coefficient (Wildman–Crippen LogP) is 2.35. The average molecular weight is 289 g/mol. The summed E-state index contributed by atoms with van der Waals surface area (Å²) in [6, 6.07) is 2.30. The van der Waals surface area contributed by atoms with Crippen molar-refractivity contribution in [2.45, 2.75) is 38.1 Å². The van der Waals surface area contributed by atoms with Crippen LogP contribution in [0.2, 0.25) is 0 Å². The van der Waals surface area contributed by atoms with Gasteiger partial charge in [0.25, 0.3) is 0 Å². The lowest BCUT2D eigenvalue weighted by Crippen LogP contribution is -2.45. The van der Waals surface area contributed by atoms with Gasteiger partial charge in [0.1, 0.15) is 0 Å². The molecule has 102 valence electrons. The van der Waals surface area contributed by atoms with Crippen molar-refractivity contribution in [1.82, 2.24) is 5.32 Å². The Morgan fingerprint density at radius 3 is 2.89 bits per heavy atom. The van der Waals surface area contributed by atoms with Crippen LogP contribution in [0.5, 0.6) is 0 Å². The van der Waals surface area contributed by atoms with Crippen LogP contribution in [-0.2, 0) is 11.2 Å². The lowest BCUT2D eigenvalue weighted by atomic mass is 9.84. The normalized spacial score (nSPS) is 23.2. The Morgan fingerprint density at radius 1 is 1.44 bits per heavy atom. The van der Waals surface area contributed by atoms with E-state index in [1.54, 1.807) is 11.3 Å². The Hall–Kier alpha value is -0.580. The van der Waals surface area contributed by atoms with E-state index in [-0.39, 0.29) is 18.3 Å². The Balaban J connectivity index is 0.00000162. The van der Waals surface area contributed by atoms with Crippen molar-refractivity contribution in [1.29, 1.82) is 0 Å². The fourth-order valence-electron chi connectivity index (χ4n) is 2.52. The minimum Gasteiger partial charge on any atom is -0.353 e. The minimum atomic E-state index is 0. The molecular weight excluding hydrogens is 268 g/mol. The van der Waals surface area contributed by atoms with E-state index >= 15 is 0 Å². The van der Waals surface area contributed by atoms with Gasteiger partial charge < -0.3 is 11.1 Å². The molecule has 3 nitrogen and oxygen atoms in total. The highest BCUT2D eigenvalue weighted by Gasteiger charge is 2.25. The predicted molar refractivity (Wildman–Crippen MR) is 78.2 cm³/mol. The third-order valence-corrected chi connectivity index (χ3v) is 4.24. The van der Waals surface area contributed by atoms with E-state index < -0.39 is 0 Å². The number of amides is 1. The van der Waals surface area contributed by atoms with Crippen molar-refractivity contribution in [3.8, 4) is 0 Å². The Labute approximate surface area is 119 Å². The second-order valence-corrected chi connectivity index (χ2v) is 5.54. The van der Waals surface area contributed by atoms with Crippen LogP contribution in [0.3, 0.4) is 0 Å². The first-order chi connectivity index (χ1) is 8.29. The zero-order valence-electron chi connectivity index (χ0n) is 10.4. The van der Waals surface area contributed by atoms with Gasteiger partial charge in [-0.05, 0) is 47.7 Å². The zero-order valence-corrected chi connectivity index (χ0v) is 12.1. The maximum atomic E-state index is 11.9. The number of hydrogen-bond donors (Lipinski definition) is 2. The molecule has 3 N–H and O–H groups in total. The molecule has 1 fully saturated rings. The highest BCUT2D eigenvalue weighted by atomic mass is 35.5. The van der Waals surface area contributed by atoms with Crippen molar-refractivity contribution in [2.75, 3.05) is 6.54 Å². The number of rotatable bonds is 4. The molecule has 2 unspecified atom stereocenters. The van der Waals surface area contributed by atoms with Gasteiger partial charge in [-0.3, -0.25) is 4.79 Å². The highest BCUT2D eigenvalue weighted by Crippen LogP contribution is 2.23. The minimum absolute atomic E-state index is 0. The first-order valence-corrected chi connectivity index (χ1v) is 7.24. The van der Waals surface area contributed by atoms with Crippen LogP contribution in [-0.4, -0.2) is 18.5 Å². The van der Waals surface area contributed by atoms with Gasteiger partial charge in [-0.25, -0.2) is 0 Å². The topological polar surface area (TPSA) is 55.1 Å². The van der Waals surface area contributed by atoms with Crippen molar-refractivity contribution >= 4 is 29.7 Å². The number of carbonyl (C=O) groups is 1. The molecule has 2 atom stereocenters. The number of nitrogens with two attached hydrogens (primary N) is 1. The first-order valence-electron chi connectivity index (χ1n) is 6.30. The molecule has 0 saturated heterocycles. The summed E-state index contributed by atoms with van der Waals surface area (Å²) < 4.78 is 0. The summed E-state index contributed by atoms with van der Waals surface area (Å²) in [5.41, 5.74) is 6.86. The number of thiophene rings is 1. The SMILES string of the molecule is Cl.NCC1CCCCC1NC(=O)Cc1ccsc1. The van der Waals surface area contributed by atoms with E-state index in [1.807, 2.05) is 16.8 Å². The zero-order chi connectivity index (χ0) is 12.1. The molecule has 5 heteroatoms. The molecule has 0 aliphatic heterocycles. The molecule has 0 bridgehead atoms. The third kappa shape index (κ3) is 4.26. The Morgan fingerprint density at radius 2 is 2.22 bits per heavy atom. The van der Waals surface area contributed by atoms with Crippen LogP contribution in [0, 0.1) is 5.92 Å². The monoisotopic (exact) mass is 288 g/mol. The van der Waals surface area contributed by atoms with Gasteiger partial charge in [0.05, 0.1) is 6.42 Å². The lowest BCUT2D eigenvalue weighted by Gasteiger charge is -2.31.